The summed E-state index contributed by atoms with van der Waals surface area (Å²) in [5.41, 5.74) is 1.89. The minimum absolute atomic E-state index is 0.00540. The number of nitrogens with one attached hydrogen (secondary N) is 1. The number of hydrogen-bond donors (Lipinski definition) is 1. The molecule has 0 saturated carbocycles. The van der Waals surface area contributed by atoms with Crippen LogP contribution >= 0.6 is 0 Å². The number of rotatable bonds is 5. The number of hydrogen-bond acceptors (Lipinski definition) is 5. The van der Waals surface area contributed by atoms with Gasteiger partial charge in [0.15, 0.2) is 0 Å². The van der Waals surface area contributed by atoms with E-state index in [2.05, 4.69) is 14.4 Å². The third kappa shape index (κ3) is 3.40. The van der Waals surface area contributed by atoms with Gasteiger partial charge in [-0.25, -0.2) is 22.9 Å². The molecule has 0 spiro atoms. The molecule has 7 nitrogen and oxygen atoms in total. The summed E-state index contributed by atoms with van der Waals surface area (Å²) in [4.78, 5) is 16.0. The van der Waals surface area contributed by atoms with Gasteiger partial charge >= 0.3 is 5.97 Å². The van der Waals surface area contributed by atoms with Crippen molar-refractivity contribution in [2.45, 2.75) is 11.4 Å². The van der Waals surface area contributed by atoms with Crippen LogP contribution < -0.4 is 4.72 Å². The normalized spacial score (nSPS) is 11.6. The Morgan fingerprint density at radius 2 is 1.96 bits per heavy atom. The zero-order valence-corrected chi connectivity index (χ0v) is 14.6. The standard InChI is InChI=1S/C17H17N3O4S/c1-20-15-9-4-3-8-14(15)19-16(20)11-18-25(22,23)13-7-5-6-12(10-13)17(21)24-2/h3-10,18H,11H2,1-2H3. The van der Waals surface area contributed by atoms with Crippen molar-refractivity contribution in [3.05, 3.63) is 59.9 Å². The maximum absolute atomic E-state index is 12.5. The number of carbonyl (C=O) groups excluding carboxylic acids is 1. The van der Waals surface area contributed by atoms with Crippen LogP contribution in [0, 0.1) is 0 Å². The maximum Gasteiger partial charge on any atom is 0.337 e. The summed E-state index contributed by atoms with van der Waals surface area (Å²) in [7, 11) is -0.714. The second kappa shape index (κ2) is 6.66. The Labute approximate surface area is 145 Å². The van der Waals surface area contributed by atoms with E-state index in [9.17, 15) is 13.2 Å². The van der Waals surface area contributed by atoms with Gasteiger partial charge in [0.25, 0.3) is 0 Å². The number of benzene rings is 2. The number of fused-ring (bicyclic) bond motifs is 1. The summed E-state index contributed by atoms with van der Waals surface area (Å²) < 4.78 is 34.0. The lowest BCUT2D eigenvalue weighted by Gasteiger charge is -2.08. The molecule has 2 aromatic carbocycles. The molecule has 0 radical (unpaired) electrons. The number of imidazole rings is 1. The van der Waals surface area contributed by atoms with E-state index in [0.29, 0.717) is 5.82 Å². The number of sulfonamides is 1. The van der Waals surface area contributed by atoms with Crippen LogP contribution in [-0.4, -0.2) is 31.0 Å². The Morgan fingerprint density at radius 1 is 1.20 bits per heavy atom. The predicted octanol–water partition coefficient (Wildman–Crippen LogP) is 1.84. The van der Waals surface area contributed by atoms with Crippen molar-refractivity contribution in [3.63, 3.8) is 0 Å². The van der Waals surface area contributed by atoms with E-state index < -0.39 is 16.0 Å². The molecule has 1 heterocycles. The molecule has 8 heteroatoms. The molecule has 3 rings (SSSR count). The first-order valence-corrected chi connectivity index (χ1v) is 8.99. The molecule has 0 aliphatic carbocycles. The molecule has 1 N–H and O–H groups in total. The van der Waals surface area contributed by atoms with Crippen LogP contribution in [-0.2, 0) is 28.4 Å². The van der Waals surface area contributed by atoms with E-state index in [4.69, 9.17) is 0 Å². The van der Waals surface area contributed by atoms with E-state index in [-0.39, 0.29) is 17.0 Å². The molecule has 0 atom stereocenters. The van der Waals surface area contributed by atoms with Gasteiger partial charge in [-0.2, -0.15) is 0 Å². The van der Waals surface area contributed by atoms with Gasteiger partial charge in [0.1, 0.15) is 5.82 Å². The van der Waals surface area contributed by atoms with Crippen molar-refractivity contribution in [2.75, 3.05) is 7.11 Å². The lowest BCUT2D eigenvalue weighted by molar-refractivity contribution is 0.0600. The van der Waals surface area contributed by atoms with Crippen LogP contribution in [0.25, 0.3) is 11.0 Å². The highest BCUT2D eigenvalue weighted by Crippen LogP contribution is 2.16. The van der Waals surface area contributed by atoms with Gasteiger partial charge in [0.2, 0.25) is 10.0 Å². The van der Waals surface area contributed by atoms with Gasteiger partial charge in [0, 0.05) is 7.05 Å². The third-order valence-electron chi connectivity index (χ3n) is 3.87. The fraction of sp³-hybridized carbons (Fsp3) is 0.176. The number of carbonyl (C=O) groups is 1. The summed E-state index contributed by atoms with van der Waals surface area (Å²) >= 11 is 0. The van der Waals surface area contributed by atoms with Gasteiger partial charge in [-0.15, -0.1) is 0 Å². The number of ether oxygens (including phenoxy) is 1. The molecule has 0 aliphatic heterocycles. The highest BCUT2D eigenvalue weighted by molar-refractivity contribution is 7.89. The minimum atomic E-state index is -3.79. The molecule has 1 aromatic heterocycles. The molecule has 0 amide bonds. The summed E-state index contributed by atoms with van der Waals surface area (Å²) in [5, 5.41) is 0. The summed E-state index contributed by atoms with van der Waals surface area (Å²) in [6, 6.07) is 13.3. The van der Waals surface area contributed by atoms with Crippen LogP contribution in [0.3, 0.4) is 0 Å². The van der Waals surface area contributed by atoms with Crippen molar-refractivity contribution >= 4 is 27.0 Å². The third-order valence-corrected chi connectivity index (χ3v) is 5.26. The van der Waals surface area contributed by atoms with Gasteiger partial charge in [-0.1, -0.05) is 18.2 Å². The second-order valence-electron chi connectivity index (χ2n) is 5.42. The van der Waals surface area contributed by atoms with Crippen molar-refractivity contribution < 1.29 is 17.9 Å². The first-order valence-electron chi connectivity index (χ1n) is 7.51. The number of methoxy groups -OCH3 is 1. The van der Waals surface area contributed by atoms with E-state index in [0.717, 1.165) is 11.0 Å². The largest absolute Gasteiger partial charge is 0.465 e. The smallest absolute Gasteiger partial charge is 0.337 e. The summed E-state index contributed by atoms with van der Waals surface area (Å²) in [5.74, 6) is 0.00120. The van der Waals surface area contributed by atoms with Crippen molar-refractivity contribution in [1.82, 2.24) is 14.3 Å². The maximum atomic E-state index is 12.5. The van der Waals surface area contributed by atoms with Crippen LogP contribution in [0.1, 0.15) is 16.2 Å². The van der Waals surface area contributed by atoms with E-state index >= 15 is 0 Å². The molecule has 0 unspecified atom stereocenters. The first-order chi connectivity index (χ1) is 11.9. The monoisotopic (exact) mass is 359 g/mol. The van der Waals surface area contributed by atoms with Crippen molar-refractivity contribution in [1.29, 1.82) is 0 Å². The van der Waals surface area contributed by atoms with E-state index in [1.807, 2.05) is 35.9 Å². The molecule has 0 saturated heterocycles. The topological polar surface area (TPSA) is 90.3 Å². The van der Waals surface area contributed by atoms with Crippen LogP contribution in [0.2, 0.25) is 0 Å². The average Bonchev–Trinajstić information content (AvgIpc) is 2.96. The minimum Gasteiger partial charge on any atom is -0.465 e. The summed E-state index contributed by atoms with van der Waals surface area (Å²) in [6.45, 7) is 0.0377. The second-order valence-corrected chi connectivity index (χ2v) is 7.19. The zero-order valence-electron chi connectivity index (χ0n) is 13.8. The number of aryl methyl sites for hydroxylation is 1. The zero-order chi connectivity index (χ0) is 18.0. The Bertz CT molecular complexity index is 1040. The predicted molar refractivity (Wildman–Crippen MR) is 92.5 cm³/mol. The summed E-state index contributed by atoms with van der Waals surface area (Å²) in [6.07, 6.45) is 0. The molecule has 25 heavy (non-hydrogen) atoms. The van der Waals surface area contributed by atoms with Gasteiger partial charge in [0.05, 0.1) is 35.1 Å². The lowest BCUT2D eigenvalue weighted by Crippen LogP contribution is -2.25. The van der Waals surface area contributed by atoms with E-state index in [1.54, 1.807) is 0 Å². The molecule has 3 aromatic rings. The number of para-hydroxylation sites is 2. The van der Waals surface area contributed by atoms with E-state index in [1.165, 1.54) is 31.4 Å². The molecule has 130 valence electrons. The van der Waals surface area contributed by atoms with Crippen LogP contribution in [0.15, 0.2) is 53.4 Å². The molecule has 0 fully saturated rings. The Kier molecular flexibility index (Phi) is 4.56. The van der Waals surface area contributed by atoms with Crippen LogP contribution in [0.4, 0.5) is 0 Å². The van der Waals surface area contributed by atoms with Crippen molar-refractivity contribution in [3.8, 4) is 0 Å². The van der Waals surface area contributed by atoms with Crippen LogP contribution in [0.5, 0.6) is 0 Å². The average molecular weight is 359 g/mol. The Morgan fingerprint density at radius 3 is 2.68 bits per heavy atom. The molecule has 0 bridgehead atoms. The fourth-order valence-electron chi connectivity index (χ4n) is 2.50. The molecule has 0 aliphatic rings. The molecular weight excluding hydrogens is 342 g/mol. The fourth-order valence-corrected chi connectivity index (χ4v) is 3.53. The number of aromatic nitrogens is 2. The Hall–Kier alpha value is -2.71. The molecular formula is C17H17N3O4S. The quantitative estimate of drug-likeness (QED) is 0.702. The number of nitrogens with zero attached hydrogens (tertiary/aromatic N) is 2. The lowest BCUT2D eigenvalue weighted by atomic mass is 10.2. The highest BCUT2D eigenvalue weighted by atomic mass is 32.2. The van der Waals surface area contributed by atoms with Crippen molar-refractivity contribution in [2.24, 2.45) is 7.05 Å². The van der Waals surface area contributed by atoms with Gasteiger partial charge in [-0.05, 0) is 30.3 Å². The van der Waals surface area contributed by atoms with Gasteiger partial charge in [-0.3, -0.25) is 0 Å². The van der Waals surface area contributed by atoms with Gasteiger partial charge < -0.3 is 9.30 Å². The first kappa shape index (κ1) is 17.1. The Balaban J connectivity index is 1.84. The number of esters is 1. The highest BCUT2D eigenvalue weighted by Gasteiger charge is 2.18. The SMILES string of the molecule is COC(=O)c1cccc(S(=O)(=O)NCc2nc3ccccc3n2C)c1.